The number of methoxy groups -OCH3 is 1. The van der Waals surface area contributed by atoms with Crippen LogP contribution in [0.15, 0.2) is 57.2 Å². The standard InChI is InChI=1S/C26H25NO10/c1-5-14-19-17-11(6-9(2)27(19)8-15(29)36-14)16-12(20(17)30)7-13(28)18-23(21(16)31)37-25-26(18,33)24(32)22(34-4)10(3)35-25/h6-7,10,14,22,24-25,32-33H,5,8H2,1-4H3. The second-order valence-corrected chi connectivity index (χ2v) is 9.85. The number of fused-ring (bicyclic) bond motifs is 5. The van der Waals surface area contributed by atoms with E-state index in [4.69, 9.17) is 18.9 Å². The summed E-state index contributed by atoms with van der Waals surface area (Å²) in [5.74, 6) is -3.13. The zero-order chi connectivity index (χ0) is 26.5. The minimum absolute atomic E-state index is 0.0512. The first kappa shape index (κ1) is 24.0. The molecule has 6 rings (SSSR count). The molecule has 0 aromatic heterocycles. The highest BCUT2D eigenvalue weighted by atomic mass is 16.7. The number of esters is 1. The molecular formula is C26H25NO10. The molecule has 6 atom stereocenters. The van der Waals surface area contributed by atoms with Crippen LogP contribution in [-0.2, 0) is 38.1 Å². The second-order valence-electron chi connectivity index (χ2n) is 9.85. The van der Waals surface area contributed by atoms with E-state index < -0.39 is 71.0 Å². The van der Waals surface area contributed by atoms with Crippen LogP contribution in [0.5, 0.6) is 0 Å². The Kier molecular flexibility index (Phi) is 5.06. The molecular weight excluding hydrogens is 486 g/mol. The first-order valence-electron chi connectivity index (χ1n) is 12.0. The van der Waals surface area contributed by atoms with Gasteiger partial charge in [-0.1, -0.05) is 6.92 Å². The van der Waals surface area contributed by atoms with Gasteiger partial charge in [0.05, 0.1) is 22.9 Å². The average Bonchev–Trinajstić information content (AvgIpc) is 3.26. The zero-order valence-corrected chi connectivity index (χ0v) is 20.6. The lowest BCUT2D eigenvalue weighted by Crippen LogP contribution is -2.65. The largest absolute Gasteiger partial charge is 0.457 e. The van der Waals surface area contributed by atoms with E-state index in [1.807, 2.05) is 6.92 Å². The number of carbonyl (C=O) groups excluding carboxylic acids is 4. The summed E-state index contributed by atoms with van der Waals surface area (Å²) < 4.78 is 22.2. The van der Waals surface area contributed by atoms with Gasteiger partial charge in [0, 0.05) is 29.5 Å². The molecule has 0 aromatic carbocycles. The van der Waals surface area contributed by atoms with Crippen molar-refractivity contribution in [3.05, 3.63) is 57.2 Å². The van der Waals surface area contributed by atoms with Gasteiger partial charge in [0.2, 0.25) is 12.1 Å². The first-order valence-corrected chi connectivity index (χ1v) is 12.0. The highest BCUT2D eigenvalue weighted by molar-refractivity contribution is 6.34. The van der Waals surface area contributed by atoms with Crippen LogP contribution >= 0.6 is 0 Å². The molecule has 11 nitrogen and oxygen atoms in total. The number of aliphatic hydroxyl groups excluding tert-OH is 1. The monoisotopic (exact) mass is 511 g/mol. The summed E-state index contributed by atoms with van der Waals surface area (Å²) in [7, 11) is 1.32. The lowest BCUT2D eigenvalue weighted by atomic mass is 9.79. The fourth-order valence-corrected chi connectivity index (χ4v) is 6.10. The molecule has 194 valence electrons. The third-order valence-corrected chi connectivity index (χ3v) is 7.84. The van der Waals surface area contributed by atoms with Crippen LogP contribution in [-0.4, -0.2) is 88.4 Å². The lowest BCUT2D eigenvalue weighted by Gasteiger charge is -2.45. The van der Waals surface area contributed by atoms with Crippen molar-refractivity contribution in [2.45, 2.75) is 63.5 Å². The topological polar surface area (TPSA) is 149 Å². The van der Waals surface area contributed by atoms with E-state index in [9.17, 15) is 29.4 Å². The Morgan fingerprint density at radius 2 is 1.86 bits per heavy atom. The smallest absolute Gasteiger partial charge is 0.326 e. The molecule has 4 aliphatic heterocycles. The normalized spacial score (nSPS) is 36.8. The number of aliphatic hydroxyl groups is 2. The average molecular weight is 511 g/mol. The Morgan fingerprint density at radius 1 is 1.14 bits per heavy atom. The molecule has 0 saturated carbocycles. The van der Waals surface area contributed by atoms with Crippen molar-refractivity contribution in [1.82, 2.24) is 4.90 Å². The predicted octanol–water partition coefficient (Wildman–Crippen LogP) is -0.111. The number of nitrogens with zero attached hydrogens (tertiary/aromatic N) is 1. The fraction of sp³-hybridized carbons (Fsp3) is 0.462. The highest BCUT2D eigenvalue weighted by Gasteiger charge is 2.65. The van der Waals surface area contributed by atoms with Gasteiger partial charge >= 0.3 is 5.97 Å². The molecule has 2 N–H and O–H groups in total. The molecule has 6 unspecified atom stereocenters. The summed E-state index contributed by atoms with van der Waals surface area (Å²) >= 11 is 0. The van der Waals surface area contributed by atoms with Gasteiger partial charge in [-0.15, -0.1) is 0 Å². The molecule has 4 heterocycles. The van der Waals surface area contributed by atoms with E-state index in [-0.39, 0.29) is 28.8 Å². The summed E-state index contributed by atoms with van der Waals surface area (Å²) in [5, 5.41) is 22.5. The van der Waals surface area contributed by atoms with Crippen molar-refractivity contribution in [2.24, 2.45) is 0 Å². The maximum Gasteiger partial charge on any atom is 0.326 e. The van der Waals surface area contributed by atoms with E-state index in [1.54, 1.807) is 24.8 Å². The maximum absolute atomic E-state index is 13.9. The third kappa shape index (κ3) is 2.90. The van der Waals surface area contributed by atoms with Crippen molar-refractivity contribution in [1.29, 1.82) is 0 Å². The van der Waals surface area contributed by atoms with Crippen LogP contribution in [0.1, 0.15) is 27.2 Å². The van der Waals surface area contributed by atoms with Gasteiger partial charge in [-0.2, -0.15) is 0 Å². The van der Waals surface area contributed by atoms with Crippen molar-refractivity contribution in [3.8, 4) is 0 Å². The number of morpholine rings is 1. The highest BCUT2D eigenvalue weighted by Crippen LogP contribution is 2.50. The van der Waals surface area contributed by atoms with Crippen LogP contribution < -0.4 is 0 Å². The third-order valence-electron chi connectivity index (χ3n) is 7.84. The quantitative estimate of drug-likeness (QED) is 0.478. The summed E-state index contributed by atoms with van der Waals surface area (Å²) in [4.78, 5) is 55.0. The summed E-state index contributed by atoms with van der Waals surface area (Å²) in [6, 6.07) is 0. The van der Waals surface area contributed by atoms with E-state index in [2.05, 4.69) is 0 Å². The Hall–Kier alpha value is -3.38. The molecule has 6 aliphatic rings. The van der Waals surface area contributed by atoms with Gasteiger partial charge in [0.15, 0.2) is 22.9 Å². The van der Waals surface area contributed by atoms with E-state index in [0.29, 0.717) is 17.8 Å². The fourth-order valence-electron chi connectivity index (χ4n) is 6.10. The van der Waals surface area contributed by atoms with Gasteiger partial charge in [-0.05, 0) is 32.4 Å². The molecule has 0 bridgehead atoms. The Balaban J connectivity index is 1.55. The van der Waals surface area contributed by atoms with Gasteiger partial charge in [0.1, 0.15) is 24.9 Å². The number of carbonyl (C=O) groups is 4. The van der Waals surface area contributed by atoms with E-state index in [1.165, 1.54) is 7.11 Å². The molecule has 0 aromatic rings. The number of rotatable bonds is 2. The molecule has 2 fully saturated rings. The molecule has 11 heteroatoms. The minimum Gasteiger partial charge on any atom is -0.457 e. The van der Waals surface area contributed by atoms with Crippen LogP contribution in [0.2, 0.25) is 0 Å². The van der Waals surface area contributed by atoms with E-state index in [0.717, 1.165) is 6.08 Å². The Morgan fingerprint density at radius 3 is 2.54 bits per heavy atom. The van der Waals surface area contributed by atoms with Crippen molar-refractivity contribution in [2.75, 3.05) is 13.7 Å². The lowest BCUT2D eigenvalue weighted by molar-refractivity contribution is -0.303. The molecule has 0 amide bonds. The number of Topliss-reactive ketones (excluding diaryl/α,β-unsaturated/α-hetero) is 2. The maximum atomic E-state index is 13.9. The van der Waals surface area contributed by atoms with Gasteiger partial charge in [-0.25, -0.2) is 0 Å². The van der Waals surface area contributed by atoms with E-state index >= 15 is 0 Å². The molecule has 2 aliphatic carbocycles. The summed E-state index contributed by atoms with van der Waals surface area (Å²) in [6.45, 7) is 5.08. The number of cyclic esters (lactones) is 1. The predicted molar refractivity (Wildman–Crippen MR) is 122 cm³/mol. The Labute approximate surface area is 211 Å². The molecule has 37 heavy (non-hydrogen) atoms. The van der Waals surface area contributed by atoms with Crippen LogP contribution in [0.25, 0.3) is 0 Å². The summed E-state index contributed by atoms with van der Waals surface area (Å²) in [6.07, 6.45) is -2.59. The van der Waals surface area contributed by atoms with Crippen molar-refractivity contribution >= 4 is 23.3 Å². The minimum atomic E-state index is -2.39. The second kappa shape index (κ2) is 7.81. The number of hydrogen-bond acceptors (Lipinski definition) is 11. The zero-order valence-electron chi connectivity index (χ0n) is 20.6. The van der Waals surface area contributed by atoms with Crippen LogP contribution in [0.3, 0.4) is 0 Å². The molecule has 0 spiro atoms. The van der Waals surface area contributed by atoms with Crippen LogP contribution in [0, 0.1) is 0 Å². The number of ketones is 3. The Bertz CT molecular complexity index is 1360. The number of allylic oxidation sites excluding steroid dienone is 7. The van der Waals surface area contributed by atoms with Crippen molar-refractivity contribution < 1.29 is 48.3 Å². The van der Waals surface area contributed by atoms with Gasteiger partial charge < -0.3 is 34.1 Å². The van der Waals surface area contributed by atoms with Gasteiger partial charge in [0.25, 0.3) is 0 Å². The number of hydrogen-bond donors (Lipinski definition) is 2. The molecule has 2 saturated heterocycles. The molecule has 0 radical (unpaired) electrons. The number of ether oxygens (including phenoxy) is 4. The van der Waals surface area contributed by atoms with Gasteiger partial charge in [-0.3, -0.25) is 19.2 Å². The van der Waals surface area contributed by atoms with Crippen LogP contribution in [0.4, 0.5) is 0 Å². The SMILES string of the molecule is CCC1OC(=O)CN2C(C)=CC3=C4C(=O)C5=C(C(=O)C=C4C(=O)C3=C12)C1(O)C(O5)OC(C)C(OC)C1O. The first-order chi connectivity index (χ1) is 17.5. The van der Waals surface area contributed by atoms with Crippen molar-refractivity contribution in [3.63, 3.8) is 0 Å². The summed E-state index contributed by atoms with van der Waals surface area (Å²) in [5.41, 5.74) is -1.49.